The molecule has 0 fully saturated rings. The molecule has 0 atom stereocenters. The van der Waals surface area contributed by atoms with E-state index in [0.29, 0.717) is 5.69 Å². The summed E-state index contributed by atoms with van der Waals surface area (Å²) in [4.78, 5) is 0.906. The Morgan fingerprint density at radius 2 is 2.11 bits per heavy atom. The summed E-state index contributed by atoms with van der Waals surface area (Å²) in [7, 11) is 0. The molecule has 0 aliphatic heterocycles. The molecule has 0 bridgehead atoms. The van der Waals surface area contributed by atoms with Crippen LogP contribution >= 0.6 is 11.8 Å². The Morgan fingerprint density at radius 3 is 2.74 bits per heavy atom. The fourth-order valence-electron chi connectivity index (χ4n) is 1.88. The van der Waals surface area contributed by atoms with Gasteiger partial charge in [-0.15, -0.1) is 11.8 Å². The van der Waals surface area contributed by atoms with Gasteiger partial charge in [-0.1, -0.05) is 6.92 Å². The van der Waals surface area contributed by atoms with E-state index in [2.05, 4.69) is 25.0 Å². The number of hydrogen-bond acceptors (Lipinski definition) is 3. The van der Waals surface area contributed by atoms with Crippen molar-refractivity contribution >= 4 is 17.4 Å². The van der Waals surface area contributed by atoms with Gasteiger partial charge in [-0.25, -0.2) is 4.39 Å². The summed E-state index contributed by atoms with van der Waals surface area (Å²) >= 11 is 1.61. The molecule has 2 rings (SSSR count). The summed E-state index contributed by atoms with van der Waals surface area (Å²) in [6.07, 6.45) is 0.934. The van der Waals surface area contributed by atoms with Crippen molar-refractivity contribution in [2.45, 2.75) is 37.5 Å². The quantitative estimate of drug-likeness (QED) is 0.673. The van der Waals surface area contributed by atoms with Gasteiger partial charge in [0.2, 0.25) is 0 Å². The lowest BCUT2D eigenvalue weighted by atomic mass is 10.3. The molecule has 0 amide bonds. The van der Waals surface area contributed by atoms with Gasteiger partial charge in [0.25, 0.3) is 0 Å². The first kappa shape index (κ1) is 13.9. The highest BCUT2D eigenvalue weighted by atomic mass is 32.2. The molecular formula is C14H18FN3S. The van der Waals surface area contributed by atoms with Gasteiger partial charge in [0, 0.05) is 28.6 Å². The van der Waals surface area contributed by atoms with Crippen molar-refractivity contribution in [1.29, 1.82) is 0 Å². The zero-order valence-corrected chi connectivity index (χ0v) is 12.0. The Bertz CT molecular complexity index is 566. The second-order valence-electron chi connectivity index (χ2n) is 4.27. The van der Waals surface area contributed by atoms with E-state index in [9.17, 15) is 4.39 Å². The topological polar surface area (TPSA) is 43.8 Å². The van der Waals surface area contributed by atoms with Crippen molar-refractivity contribution in [3.05, 3.63) is 41.5 Å². The van der Waals surface area contributed by atoms with Crippen LogP contribution in [0.15, 0.2) is 29.2 Å². The molecule has 0 saturated heterocycles. The van der Waals surface area contributed by atoms with E-state index >= 15 is 0 Å². The second kappa shape index (κ2) is 6.10. The molecule has 3 nitrogen and oxygen atoms in total. The zero-order valence-electron chi connectivity index (χ0n) is 11.2. The summed E-state index contributed by atoms with van der Waals surface area (Å²) in [6, 6.07) is 6.64. The summed E-state index contributed by atoms with van der Waals surface area (Å²) < 4.78 is 15.0. The van der Waals surface area contributed by atoms with Gasteiger partial charge in [-0.05, 0) is 37.6 Å². The first-order valence-corrected chi connectivity index (χ1v) is 7.36. The van der Waals surface area contributed by atoms with E-state index in [1.165, 1.54) is 17.8 Å². The van der Waals surface area contributed by atoms with Crippen LogP contribution in [0.2, 0.25) is 0 Å². The molecule has 0 spiro atoms. The van der Waals surface area contributed by atoms with E-state index in [1.807, 2.05) is 4.68 Å². The maximum Gasteiger partial charge on any atom is 0.125 e. The summed E-state index contributed by atoms with van der Waals surface area (Å²) in [5, 5.41) is 4.51. The highest BCUT2D eigenvalue weighted by molar-refractivity contribution is 7.98. The first-order chi connectivity index (χ1) is 9.13. The molecule has 2 N–H and O–H groups in total. The molecule has 19 heavy (non-hydrogen) atoms. The molecule has 2 aromatic rings. The number of hydrogen-bond donors (Lipinski definition) is 1. The van der Waals surface area contributed by atoms with E-state index in [4.69, 9.17) is 5.73 Å². The fourth-order valence-corrected chi connectivity index (χ4v) is 2.81. The van der Waals surface area contributed by atoms with Gasteiger partial charge in [0.1, 0.15) is 5.82 Å². The van der Waals surface area contributed by atoms with Crippen LogP contribution in [0.4, 0.5) is 10.1 Å². The fraction of sp³-hybridized carbons (Fsp3) is 0.357. The SMILES string of the molecule is CCc1cc(CSc2ccc(F)cc2N)n(CC)n1. The van der Waals surface area contributed by atoms with Crippen molar-refractivity contribution in [2.24, 2.45) is 0 Å². The highest BCUT2D eigenvalue weighted by Crippen LogP contribution is 2.28. The number of anilines is 1. The number of aromatic nitrogens is 2. The molecule has 0 saturated carbocycles. The predicted octanol–water partition coefficient (Wildman–Crippen LogP) is 3.48. The van der Waals surface area contributed by atoms with Gasteiger partial charge in [-0.2, -0.15) is 5.10 Å². The normalized spacial score (nSPS) is 10.9. The van der Waals surface area contributed by atoms with Crippen LogP contribution in [0, 0.1) is 5.82 Å². The Morgan fingerprint density at radius 1 is 1.32 bits per heavy atom. The number of thioether (sulfide) groups is 1. The molecule has 0 aliphatic carbocycles. The molecule has 0 radical (unpaired) electrons. The molecule has 1 aromatic heterocycles. The molecule has 0 aliphatic rings. The van der Waals surface area contributed by atoms with Crippen LogP contribution in [0.1, 0.15) is 25.2 Å². The van der Waals surface area contributed by atoms with Crippen LogP contribution in [0.3, 0.4) is 0 Å². The van der Waals surface area contributed by atoms with Crippen LogP contribution in [-0.4, -0.2) is 9.78 Å². The number of nitrogens with two attached hydrogens (primary N) is 1. The van der Waals surface area contributed by atoms with Crippen LogP contribution in [-0.2, 0) is 18.7 Å². The molecule has 102 valence electrons. The molecule has 5 heteroatoms. The van der Waals surface area contributed by atoms with Gasteiger partial charge < -0.3 is 5.73 Å². The van der Waals surface area contributed by atoms with Crippen molar-refractivity contribution in [3.8, 4) is 0 Å². The Labute approximate surface area is 117 Å². The Balaban J connectivity index is 2.11. The lowest BCUT2D eigenvalue weighted by Gasteiger charge is -2.06. The minimum absolute atomic E-state index is 0.297. The van der Waals surface area contributed by atoms with E-state index < -0.39 is 0 Å². The summed E-state index contributed by atoms with van der Waals surface area (Å²) in [6.45, 7) is 5.03. The molecule has 1 heterocycles. The lowest BCUT2D eigenvalue weighted by molar-refractivity contribution is 0.626. The average Bonchev–Trinajstić information content (AvgIpc) is 2.80. The van der Waals surface area contributed by atoms with Crippen molar-refractivity contribution < 1.29 is 4.39 Å². The van der Waals surface area contributed by atoms with E-state index in [1.54, 1.807) is 17.8 Å². The molecule has 1 aromatic carbocycles. The molecular weight excluding hydrogens is 261 g/mol. The maximum absolute atomic E-state index is 13.0. The average molecular weight is 279 g/mol. The van der Waals surface area contributed by atoms with Gasteiger partial charge in [0.05, 0.1) is 5.69 Å². The Kier molecular flexibility index (Phi) is 4.47. The standard InChI is InChI=1S/C14H18FN3S/c1-3-11-8-12(18(4-2)17-11)9-19-14-6-5-10(15)7-13(14)16/h5-8H,3-4,9,16H2,1-2H3. The van der Waals surface area contributed by atoms with Crippen molar-refractivity contribution in [1.82, 2.24) is 9.78 Å². The zero-order chi connectivity index (χ0) is 13.8. The van der Waals surface area contributed by atoms with Gasteiger partial charge in [0.15, 0.2) is 0 Å². The maximum atomic E-state index is 13.0. The first-order valence-electron chi connectivity index (χ1n) is 6.37. The summed E-state index contributed by atoms with van der Waals surface area (Å²) in [5.74, 6) is 0.491. The summed E-state index contributed by atoms with van der Waals surface area (Å²) in [5.41, 5.74) is 8.57. The lowest BCUT2D eigenvalue weighted by Crippen LogP contribution is -2.01. The number of aryl methyl sites for hydroxylation is 2. The monoisotopic (exact) mass is 279 g/mol. The van der Waals surface area contributed by atoms with Crippen LogP contribution in [0.5, 0.6) is 0 Å². The third-order valence-electron chi connectivity index (χ3n) is 2.92. The number of benzene rings is 1. The predicted molar refractivity (Wildman–Crippen MR) is 77.7 cm³/mol. The van der Waals surface area contributed by atoms with Crippen molar-refractivity contribution in [3.63, 3.8) is 0 Å². The largest absolute Gasteiger partial charge is 0.398 e. The highest BCUT2D eigenvalue weighted by Gasteiger charge is 2.08. The number of nitrogens with zero attached hydrogens (tertiary/aromatic N) is 2. The van der Waals surface area contributed by atoms with Gasteiger partial charge in [-0.3, -0.25) is 4.68 Å². The number of rotatable bonds is 5. The minimum Gasteiger partial charge on any atom is -0.398 e. The van der Waals surface area contributed by atoms with Gasteiger partial charge >= 0.3 is 0 Å². The van der Waals surface area contributed by atoms with Crippen LogP contribution < -0.4 is 5.73 Å². The number of halogens is 1. The Hall–Kier alpha value is -1.49. The third kappa shape index (κ3) is 3.29. The minimum atomic E-state index is -0.297. The number of nitrogen functional groups attached to an aromatic ring is 1. The second-order valence-corrected chi connectivity index (χ2v) is 5.28. The van der Waals surface area contributed by atoms with E-state index in [0.717, 1.165) is 29.3 Å². The third-order valence-corrected chi connectivity index (χ3v) is 4.05. The van der Waals surface area contributed by atoms with Crippen molar-refractivity contribution in [2.75, 3.05) is 5.73 Å². The van der Waals surface area contributed by atoms with Crippen LogP contribution in [0.25, 0.3) is 0 Å². The molecule has 0 unspecified atom stereocenters. The smallest absolute Gasteiger partial charge is 0.125 e. The van der Waals surface area contributed by atoms with E-state index in [-0.39, 0.29) is 5.82 Å².